The van der Waals surface area contributed by atoms with Crippen molar-refractivity contribution in [2.45, 2.75) is 26.7 Å². The Kier molecular flexibility index (Phi) is 7.03. The van der Waals surface area contributed by atoms with Gasteiger partial charge in [0.1, 0.15) is 5.75 Å². The van der Waals surface area contributed by atoms with Gasteiger partial charge in [-0.05, 0) is 30.5 Å². The van der Waals surface area contributed by atoms with Crippen molar-refractivity contribution < 1.29 is 14.3 Å². The van der Waals surface area contributed by atoms with Crippen LogP contribution < -0.4 is 4.74 Å². The van der Waals surface area contributed by atoms with E-state index in [1.807, 2.05) is 13.8 Å². The molecule has 106 valence electrons. The smallest absolute Gasteiger partial charge is 0.305 e. The second-order valence-corrected chi connectivity index (χ2v) is 5.45. The van der Waals surface area contributed by atoms with Crippen molar-refractivity contribution in [3.63, 3.8) is 0 Å². The molecule has 0 heterocycles. The molecule has 0 atom stereocenters. The molecule has 0 saturated heterocycles. The average molecular weight is 305 g/mol. The minimum atomic E-state index is -0.195. The lowest BCUT2D eigenvalue weighted by molar-refractivity contribution is -0.144. The van der Waals surface area contributed by atoms with E-state index in [1.54, 1.807) is 18.2 Å². The number of halogens is 2. The molecule has 1 aromatic rings. The van der Waals surface area contributed by atoms with Crippen molar-refractivity contribution in [1.29, 1.82) is 0 Å². The van der Waals surface area contributed by atoms with Gasteiger partial charge in [0.25, 0.3) is 0 Å². The Labute approximate surface area is 123 Å². The lowest BCUT2D eigenvalue weighted by Gasteiger charge is -2.09. The molecule has 5 heteroatoms. The minimum absolute atomic E-state index is 0.195. The zero-order valence-electron chi connectivity index (χ0n) is 11.1. The molecule has 1 rings (SSSR count). The fourth-order valence-electron chi connectivity index (χ4n) is 1.32. The van der Waals surface area contributed by atoms with Crippen molar-refractivity contribution in [3.8, 4) is 5.75 Å². The van der Waals surface area contributed by atoms with E-state index in [4.69, 9.17) is 32.7 Å². The quantitative estimate of drug-likeness (QED) is 0.555. The summed E-state index contributed by atoms with van der Waals surface area (Å²) in [4.78, 5) is 11.3. The number of carbonyl (C=O) groups excluding carboxylic acids is 1. The third kappa shape index (κ3) is 6.69. The van der Waals surface area contributed by atoms with E-state index in [0.717, 1.165) is 0 Å². The second-order valence-electron chi connectivity index (χ2n) is 4.60. The van der Waals surface area contributed by atoms with Crippen LogP contribution in [0, 0.1) is 5.92 Å². The molecule has 0 N–H and O–H groups in total. The van der Waals surface area contributed by atoms with Gasteiger partial charge in [0.2, 0.25) is 0 Å². The number of hydrogen-bond donors (Lipinski definition) is 0. The predicted octanol–water partition coefficient (Wildman–Crippen LogP) is 4.35. The van der Waals surface area contributed by atoms with Gasteiger partial charge >= 0.3 is 5.97 Å². The molecular weight excluding hydrogens is 287 g/mol. The monoisotopic (exact) mass is 304 g/mol. The lowest BCUT2D eigenvalue weighted by atomic mass is 10.2. The molecule has 1 aromatic carbocycles. The Morgan fingerprint density at radius 3 is 2.68 bits per heavy atom. The zero-order chi connectivity index (χ0) is 14.3. The van der Waals surface area contributed by atoms with Crippen LogP contribution in [-0.4, -0.2) is 19.2 Å². The standard InChI is InChI=1S/C14H18Cl2O3/c1-10(2)9-19-14(17)4-3-7-18-13-6-5-11(15)8-12(13)16/h5-6,8,10H,3-4,7,9H2,1-2H3. The van der Waals surface area contributed by atoms with E-state index in [-0.39, 0.29) is 5.97 Å². The highest BCUT2D eigenvalue weighted by atomic mass is 35.5. The highest BCUT2D eigenvalue weighted by molar-refractivity contribution is 6.35. The summed E-state index contributed by atoms with van der Waals surface area (Å²) in [7, 11) is 0. The van der Waals surface area contributed by atoms with Crippen molar-refractivity contribution in [3.05, 3.63) is 28.2 Å². The predicted molar refractivity (Wildman–Crippen MR) is 77.0 cm³/mol. The maximum absolute atomic E-state index is 11.3. The molecule has 3 nitrogen and oxygen atoms in total. The van der Waals surface area contributed by atoms with Crippen LogP contribution in [0.15, 0.2) is 18.2 Å². The first-order chi connectivity index (χ1) is 8.99. The van der Waals surface area contributed by atoms with Gasteiger partial charge in [-0.15, -0.1) is 0 Å². The zero-order valence-corrected chi connectivity index (χ0v) is 12.6. The molecule has 0 aliphatic rings. The molecule has 0 bridgehead atoms. The highest BCUT2D eigenvalue weighted by Crippen LogP contribution is 2.27. The van der Waals surface area contributed by atoms with Gasteiger partial charge in [-0.1, -0.05) is 37.0 Å². The summed E-state index contributed by atoms with van der Waals surface area (Å²) in [5.41, 5.74) is 0. The van der Waals surface area contributed by atoms with Gasteiger partial charge in [0.05, 0.1) is 18.2 Å². The molecule has 0 spiro atoms. The van der Waals surface area contributed by atoms with E-state index < -0.39 is 0 Å². The summed E-state index contributed by atoms with van der Waals surface area (Å²) >= 11 is 11.7. The molecule has 0 saturated carbocycles. The molecular formula is C14H18Cl2O3. The first-order valence-electron chi connectivity index (χ1n) is 6.22. The Morgan fingerprint density at radius 1 is 1.32 bits per heavy atom. The first-order valence-corrected chi connectivity index (χ1v) is 6.98. The largest absolute Gasteiger partial charge is 0.492 e. The number of hydrogen-bond acceptors (Lipinski definition) is 3. The van der Waals surface area contributed by atoms with Crippen LogP contribution in [0.2, 0.25) is 10.0 Å². The molecule has 0 aliphatic carbocycles. The fourth-order valence-corrected chi connectivity index (χ4v) is 1.79. The van der Waals surface area contributed by atoms with E-state index in [0.29, 0.717) is 47.8 Å². The van der Waals surface area contributed by atoms with E-state index in [1.165, 1.54) is 0 Å². The van der Waals surface area contributed by atoms with Crippen molar-refractivity contribution in [2.75, 3.05) is 13.2 Å². The van der Waals surface area contributed by atoms with Crippen LogP contribution >= 0.6 is 23.2 Å². The first kappa shape index (κ1) is 16.1. The van der Waals surface area contributed by atoms with E-state index in [2.05, 4.69) is 0 Å². The van der Waals surface area contributed by atoms with Crippen molar-refractivity contribution in [1.82, 2.24) is 0 Å². The maximum atomic E-state index is 11.3. The summed E-state index contributed by atoms with van der Waals surface area (Å²) < 4.78 is 10.5. The molecule has 0 radical (unpaired) electrons. The van der Waals surface area contributed by atoms with E-state index >= 15 is 0 Å². The Morgan fingerprint density at radius 2 is 2.05 bits per heavy atom. The molecule has 0 unspecified atom stereocenters. The normalized spacial score (nSPS) is 10.6. The SMILES string of the molecule is CC(C)COC(=O)CCCOc1ccc(Cl)cc1Cl. The Balaban J connectivity index is 2.22. The number of benzene rings is 1. The minimum Gasteiger partial charge on any atom is -0.492 e. The third-order valence-electron chi connectivity index (χ3n) is 2.25. The molecule has 0 aliphatic heterocycles. The van der Waals surface area contributed by atoms with Gasteiger partial charge in [0, 0.05) is 11.4 Å². The summed E-state index contributed by atoms with van der Waals surface area (Å²) in [5, 5.41) is 1.03. The number of ether oxygens (including phenoxy) is 2. The molecule has 0 fully saturated rings. The van der Waals surface area contributed by atoms with Crippen molar-refractivity contribution in [2.24, 2.45) is 5.92 Å². The summed E-state index contributed by atoms with van der Waals surface area (Å²) in [6, 6.07) is 5.04. The van der Waals surface area contributed by atoms with Gasteiger partial charge in [-0.2, -0.15) is 0 Å². The van der Waals surface area contributed by atoms with Gasteiger partial charge in [-0.3, -0.25) is 4.79 Å². The van der Waals surface area contributed by atoms with E-state index in [9.17, 15) is 4.79 Å². The number of esters is 1. The topological polar surface area (TPSA) is 35.5 Å². The summed E-state index contributed by atoms with van der Waals surface area (Å²) in [6.45, 7) is 4.87. The number of carbonyl (C=O) groups is 1. The van der Waals surface area contributed by atoms with Crippen LogP contribution in [0.5, 0.6) is 5.75 Å². The summed E-state index contributed by atoms with van der Waals surface area (Å²) in [6.07, 6.45) is 0.938. The second kappa shape index (κ2) is 8.28. The summed E-state index contributed by atoms with van der Waals surface area (Å²) in [5.74, 6) is 0.731. The lowest BCUT2D eigenvalue weighted by Crippen LogP contribution is -2.11. The maximum Gasteiger partial charge on any atom is 0.305 e. The van der Waals surface area contributed by atoms with Crippen LogP contribution in [0.1, 0.15) is 26.7 Å². The molecule has 0 amide bonds. The van der Waals surface area contributed by atoms with Crippen LogP contribution in [0.25, 0.3) is 0 Å². The highest BCUT2D eigenvalue weighted by Gasteiger charge is 2.06. The number of rotatable bonds is 7. The Bertz CT molecular complexity index is 419. The third-order valence-corrected chi connectivity index (χ3v) is 2.78. The van der Waals surface area contributed by atoms with Crippen LogP contribution in [0.4, 0.5) is 0 Å². The molecule has 19 heavy (non-hydrogen) atoms. The van der Waals surface area contributed by atoms with Gasteiger partial charge in [0.15, 0.2) is 0 Å². The van der Waals surface area contributed by atoms with Gasteiger partial charge < -0.3 is 9.47 Å². The van der Waals surface area contributed by atoms with Crippen molar-refractivity contribution >= 4 is 29.2 Å². The Hall–Kier alpha value is -0.930. The average Bonchev–Trinajstić information content (AvgIpc) is 2.34. The van der Waals surface area contributed by atoms with Gasteiger partial charge in [-0.25, -0.2) is 0 Å². The molecule has 0 aromatic heterocycles. The fraction of sp³-hybridized carbons (Fsp3) is 0.500. The van der Waals surface area contributed by atoms with Crippen LogP contribution in [0.3, 0.4) is 0 Å². The van der Waals surface area contributed by atoms with Crippen LogP contribution in [-0.2, 0) is 9.53 Å².